The van der Waals surface area contributed by atoms with E-state index in [9.17, 15) is 4.79 Å². The maximum absolute atomic E-state index is 10.5. The molecule has 0 amide bonds. The molecule has 2 nitrogen and oxygen atoms in total. The number of ether oxygens (including phenoxy) is 1. The minimum Gasteiger partial charge on any atom is -0.367 e. The molecule has 0 aromatic carbocycles. The summed E-state index contributed by atoms with van der Waals surface area (Å²) in [6.07, 6.45) is 4.80. The van der Waals surface area contributed by atoms with E-state index in [1.807, 2.05) is 19.9 Å². The lowest BCUT2D eigenvalue weighted by molar-refractivity contribution is -0.115. The SMILES string of the molecule is C=C[C@]1(C)CC[C@H]([C@H](C)C=O)O1. The van der Waals surface area contributed by atoms with Gasteiger partial charge in [0.15, 0.2) is 0 Å². The van der Waals surface area contributed by atoms with Crippen LogP contribution in [-0.2, 0) is 9.53 Å². The zero-order valence-electron chi connectivity index (χ0n) is 7.75. The fourth-order valence-electron chi connectivity index (χ4n) is 1.50. The number of aldehydes is 1. The third-order valence-corrected chi connectivity index (χ3v) is 2.58. The average molecular weight is 168 g/mol. The highest BCUT2D eigenvalue weighted by molar-refractivity contribution is 5.53. The van der Waals surface area contributed by atoms with Crippen LogP contribution < -0.4 is 0 Å². The van der Waals surface area contributed by atoms with Crippen LogP contribution in [0, 0.1) is 5.92 Å². The van der Waals surface area contributed by atoms with Crippen molar-refractivity contribution < 1.29 is 9.53 Å². The van der Waals surface area contributed by atoms with Crippen LogP contribution in [-0.4, -0.2) is 18.0 Å². The lowest BCUT2D eigenvalue weighted by atomic mass is 10.00. The molecule has 0 N–H and O–H groups in total. The molecule has 1 saturated heterocycles. The number of hydrogen-bond acceptors (Lipinski definition) is 2. The first-order valence-electron chi connectivity index (χ1n) is 4.38. The van der Waals surface area contributed by atoms with Crippen LogP contribution in [0.5, 0.6) is 0 Å². The summed E-state index contributed by atoms with van der Waals surface area (Å²) in [6.45, 7) is 7.63. The van der Waals surface area contributed by atoms with E-state index in [0.29, 0.717) is 0 Å². The van der Waals surface area contributed by atoms with E-state index in [-0.39, 0.29) is 17.6 Å². The second-order valence-electron chi connectivity index (χ2n) is 3.71. The minimum atomic E-state index is -0.206. The minimum absolute atomic E-state index is 0.00627. The van der Waals surface area contributed by atoms with Crippen LogP contribution >= 0.6 is 0 Å². The molecule has 1 heterocycles. The van der Waals surface area contributed by atoms with Crippen molar-refractivity contribution in [1.29, 1.82) is 0 Å². The Morgan fingerprint density at radius 1 is 1.75 bits per heavy atom. The van der Waals surface area contributed by atoms with E-state index >= 15 is 0 Å². The highest BCUT2D eigenvalue weighted by Crippen LogP contribution is 2.33. The molecular formula is C10H16O2. The van der Waals surface area contributed by atoms with E-state index in [0.717, 1.165) is 19.1 Å². The van der Waals surface area contributed by atoms with Crippen molar-refractivity contribution >= 4 is 6.29 Å². The zero-order valence-corrected chi connectivity index (χ0v) is 7.75. The number of carbonyl (C=O) groups is 1. The first kappa shape index (κ1) is 9.46. The van der Waals surface area contributed by atoms with Crippen LogP contribution in [0.25, 0.3) is 0 Å². The molecule has 12 heavy (non-hydrogen) atoms. The van der Waals surface area contributed by atoms with E-state index in [1.54, 1.807) is 0 Å². The summed E-state index contributed by atoms with van der Waals surface area (Å²) in [7, 11) is 0. The number of hydrogen-bond donors (Lipinski definition) is 0. The summed E-state index contributed by atoms with van der Waals surface area (Å²) in [5, 5.41) is 0. The third-order valence-electron chi connectivity index (χ3n) is 2.58. The predicted octanol–water partition coefficient (Wildman–Crippen LogP) is 1.95. The summed E-state index contributed by atoms with van der Waals surface area (Å²) in [4.78, 5) is 10.5. The van der Waals surface area contributed by atoms with E-state index in [1.165, 1.54) is 0 Å². The molecule has 0 spiro atoms. The van der Waals surface area contributed by atoms with Gasteiger partial charge in [-0.15, -0.1) is 6.58 Å². The molecule has 2 heteroatoms. The Bertz CT molecular complexity index is 188. The first-order chi connectivity index (χ1) is 5.61. The summed E-state index contributed by atoms with van der Waals surface area (Å²) < 4.78 is 5.70. The van der Waals surface area contributed by atoms with Crippen LogP contribution in [0.15, 0.2) is 12.7 Å². The van der Waals surface area contributed by atoms with E-state index in [2.05, 4.69) is 6.58 Å². The van der Waals surface area contributed by atoms with Gasteiger partial charge in [0.05, 0.1) is 11.7 Å². The van der Waals surface area contributed by atoms with Crippen LogP contribution in [0.2, 0.25) is 0 Å². The number of carbonyl (C=O) groups excluding carboxylic acids is 1. The molecule has 0 bridgehead atoms. The normalized spacial score (nSPS) is 37.7. The second-order valence-corrected chi connectivity index (χ2v) is 3.71. The number of rotatable bonds is 3. The fourth-order valence-corrected chi connectivity index (χ4v) is 1.50. The van der Waals surface area contributed by atoms with Gasteiger partial charge in [0, 0.05) is 5.92 Å². The molecule has 1 aliphatic rings. The Labute approximate surface area is 73.6 Å². The lowest BCUT2D eigenvalue weighted by Crippen LogP contribution is -2.25. The Hall–Kier alpha value is -0.630. The van der Waals surface area contributed by atoms with Crippen molar-refractivity contribution in [3.8, 4) is 0 Å². The highest BCUT2D eigenvalue weighted by Gasteiger charge is 2.35. The maximum Gasteiger partial charge on any atom is 0.125 e. The van der Waals surface area contributed by atoms with Gasteiger partial charge in [-0.1, -0.05) is 13.0 Å². The van der Waals surface area contributed by atoms with E-state index in [4.69, 9.17) is 4.74 Å². The summed E-state index contributed by atoms with van der Waals surface area (Å²) in [5.74, 6) is 0.00627. The monoisotopic (exact) mass is 168 g/mol. The van der Waals surface area contributed by atoms with Crippen molar-refractivity contribution in [2.75, 3.05) is 0 Å². The highest BCUT2D eigenvalue weighted by atomic mass is 16.5. The van der Waals surface area contributed by atoms with Gasteiger partial charge in [-0.2, -0.15) is 0 Å². The molecule has 1 aliphatic heterocycles. The van der Waals surface area contributed by atoms with Gasteiger partial charge in [0.2, 0.25) is 0 Å². The molecule has 1 rings (SSSR count). The molecular weight excluding hydrogens is 152 g/mol. The van der Waals surface area contributed by atoms with Gasteiger partial charge in [-0.3, -0.25) is 0 Å². The van der Waals surface area contributed by atoms with Crippen molar-refractivity contribution in [1.82, 2.24) is 0 Å². The molecule has 3 atom stereocenters. The molecule has 0 aromatic rings. The summed E-state index contributed by atoms with van der Waals surface area (Å²) in [6, 6.07) is 0. The Kier molecular flexibility index (Phi) is 2.68. The molecule has 0 aromatic heterocycles. The van der Waals surface area contributed by atoms with Crippen molar-refractivity contribution in [2.24, 2.45) is 5.92 Å². The van der Waals surface area contributed by atoms with Crippen molar-refractivity contribution in [3.63, 3.8) is 0 Å². The molecule has 68 valence electrons. The maximum atomic E-state index is 10.5. The van der Waals surface area contributed by atoms with Gasteiger partial charge in [-0.25, -0.2) is 0 Å². The first-order valence-corrected chi connectivity index (χ1v) is 4.38. The predicted molar refractivity (Wildman–Crippen MR) is 47.9 cm³/mol. The third kappa shape index (κ3) is 1.75. The van der Waals surface area contributed by atoms with Gasteiger partial charge in [0.25, 0.3) is 0 Å². The fraction of sp³-hybridized carbons (Fsp3) is 0.700. The Morgan fingerprint density at radius 3 is 2.83 bits per heavy atom. The summed E-state index contributed by atoms with van der Waals surface area (Å²) >= 11 is 0. The van der Waals surface area contributed by atoms with Crippen molar-refractivity contribution in [2.45, 2.75) is 38.4 Å². The van der Waals surface area contributed by atoms with Crippen LogP contribution in [0.3, 0.4) is 0 Å². The molecule has 0 saturated carbocycles. The standard InChI is InChI=1S/C10H16O2/c1-4-10(3)6-5-9(12-10)8(2)7-11/h4,7-9H,1,5-6H2,2-3H3/t8-,9-,10-/m1/s1. The smallest absolute Gasteiger partial charge is 0.125 e. The largest absolute Gasteiger partial charge is 0.367 e. The van der Waals surface area contributed by atoms with Gasteiger partial charge >= 0.3 is 0 Å². The van der Waals surface area contributed by atoms with E-state index < -0.39 is 0 Å². The van der Waals surface area contributed by atoms with Gasteiger partial charge in [-0.05, 0) is 19.8 Å². The van der Waals surface area contributed by atoms with Gasteiger partial charge < -0.3 is 9.53 Å². The Balaban J connectivity index is 2.55. The summed E-state index contributed by atoms with van der Waals surface area (Å²) in [5.41, 5.74) is -0.206. The average Bonchev–Trinajstić information content (AvgIpc) is 2.48. The van der Waals surface area contributed by atoms with Gasteiger partial charge in [0.1, 0.15) is 6.29 Å². The van der Waals surface area contributed by atoms with Crippen molar-refractivity contribution in [3.05, 3.63) is 12.7 Å². The lowest BCUT2D eigenvalue weighted by Gasteiger charge is -2.21. The topological polar surface area (TPSA) is 26.3 Å². The quantitative estimate of drug-likeness (QED) is 0.475. The zero-order chi connectivity index (χ0) is 9.19. The molecule has 0 radical (unpaired) electrons. The second kappa shape index (κ2) is 3.40. The van der Waals surface area contributed by atoms with Crippen LogP contribution in [0.1, 0.15) is 26.7 Å². The molecule has 0 unspecified atom stereocenters. The Morgan fingerprint density at radius 2 is 2.42 bits per heavy atom. The van der Waals surface area contributed by atoms with Crippen LogP contribution in [0.4, 0.5) is 0 Å². The molecule has 0 aliphatic carbocycles. The molecule has 1 fully saturated rings.